The molecule has 0 saturated carbocycles. The van der Waals surface area contributed by atoms with Gasteiger partial charge in [0.15, 0.2) is 0 Å². The van der Waals surface area contributed by atoms with E-state index in [-0.39, 0.29) is 24.1 Å². The molecule has 0 aromatic carbocycles. The minimum atomic E-state index is -0.208. The quantitative estimate of drug-likeness (QED) is 0.433. The summed E-state index contributed by atoms with van der Waals surface area (Å²) in [5.74, 6) is -0.122. The highest BCUT2D eigenvalue weighted by molar-refractivity contribution is 6.01. The van der Waals surface area contributed by atoms with Crippen molar-refractivity contribution < 1.29 is 14.3 Å². The van der Waals surface area contributed by atoms with Crippen molar-refractivity contribution in [1.82, 2.24) is 9.80 Å². The molecule has 0 radical (unpaired) electrons. The number of epoxide rings is 1. The van der Waals surface area contributed by atoms with E-state index in [2.05, 4.69) is 13.8 Å². The summed E-state index contributed by atoms with van der Waals surface area (Å²) in [5, 5.41) is 0. The lowest BCUT2D eigenvalue weighted by molar-refractivity contribution is -0.124. The summed E-state index contributed by atoms with van der Waals surface area (Å²) in [5.41, 5.74) is 1.23. The SMILES string of the molecule is C/C(=C\CN1C(=O)CN(C)C1=O)CCC1OC1(C)C. The fourth-order valence-corrected chi connectivity index (χ4v) is 2.30. The molecule has 2 saturated heterocycles. The van der Waals surface area contributed by atoms with Crippen LogP contribution in [-0.4, -0.2) is 53.6 Å². The van der Waals surface area contributed by atoms with Crippen LogP contribution < -0.4 is 0 Å². The van der Waals surface area contributed by atoms with E-state index in [1.54, 1.807) is 7.05 Å². The van der Waals surface area contributed by atoms with Crippen LogP contribution in [0.3, 0.4) is 0 Å². The van der Waals surface area contributed by atoms with Gasteiger partial charge in [-0.3, -0.25) is 9.69 Å². The Balaban J connectivity index is 1.78. The molecule has 0 aromatic rings. The molecule has 0 bridgehead atoms. The van der Waals surface area contributed by atoms with Gasteiger partial charge in [0.05, 0.1) is 11.7 Å². The van der Waals surface area contributed by atoms with Crippen LogP contribution in [0.15, 0.2) is 11.6 Å². The van der Waals surface area contributed by atoms with E-state index in [1.807, 2.05) is 13.0 Å². The van der Waals surface area contributed by atoms with Gasteiger partial charge in [-0.2, -0.15) is 0 Å². The molecule has 0 aliphatic carbocycles. The number of carbonyl (C=O) groups excluding carboxylic acids is 2. The second-order valence-corrected chi connectivity index (χ2v) is 5.94. The van der Waals surface area contributed by atoms with Crippen molar-refractivity contribution in [2.24, 2.45) is 0 Å². The van der Waals surface area contributed by atoms with Crippen LogP contribution in [0.1, 0.15) is 33.6 Å². The van der Waals surface area contributed by atoms with E-state index in [0.717, 1.165) is 12.8 Å². The third kappa shape index (κ3) is 3.15. The van der Waals surface area contributed by atoms with Crippen LogP contribution in [0.25, 0.3) is 0 Å². The molecule has 0 spiro atoms. The smallest absolute Gasteiger partial charge is 0.327 e. The summed E-state index contributed by atoms with van der Waals surface area (Å²) >= 11 is 0. The number of amides is 3. The number of allylic oxidation sites excluding steroid dienone is 1. The van der Waals surface area contributed by atoms with E-state index in [9.17, 15) is 9.59 Å². The number of likely N-dealkylation sites (N-methyl/N-ethyl adjacent to an activating group) is 1. The highest BCUT2D eigenvalue weighted by Gasteiger charge is 2.46. The maximum absolute atomic E-state index is 11.7. The molecule has 2 fully saturated rings. The Hall–Kier alpha value is -1.36. The van der Waals surface area contributed by atoms with Crippen LogP contribution in [0, 0.1) is 0 Å². The van der Waals surface area contributed by atoms with E-state index < -0.39 is 0 Å². The predicted molar refractivity (Wildman–Crippen MR) is 71.7 cm³/mol. The van der Waals surface area contributed by atoms with Crippen molar-refractivity contribution in [3.63, 3.8) is 0 Å². The average Bonchev–Trinajstić information content (AvgIpc) is 2.85. The lowest BCUT2D eigenvalue weighted by Crippen LogP contribution is -2.31. The third-order valence-corrected chi connectivity index (χ3v) is 3.82. The summed E-state index contributed by atoms with van der Waals surface area (Å²) in [6.07, 6.45) is 4.25. The van der Waals surface area contributed by atoms with E-state index >= 15 is 0 Å². The van der Waals surface area contributed by atoms with Crippen LogP contribution in [0.2, 0.25) is 0 Å². The van der Waals surface area contributed by atoms with Gasteiger partial charge in [0.25, 0.3) is 5.91 Å². The van der Waals surface area contributed by atoms with Gasteiger partial charge in [-0.25, -0.2) is 4.79 Å². The van der Waals surface area contributed by atoms with Crippen molar-refractivity contribution in [3.8, 4) is 0 Å². The molecule has 2 aliphatic rings. The molecule has 0 aromatic heterocycles. The molecule has 106 valence electrons. The third-order valence-electron chi connectivity index (χ3n) is 3.82. The van der Waals surface area contributed by atoms with Crippen molar-refractivity contribution in [2.45, 2.75) is 45.3 Å². The Kier molecular flexibility index (Phi) is 3.67. The first-order valence-corrected chi connectivity index (χ1v) is 6.70. The zero-order valence-electron chi connectivity index (χ0n) is 12.1. The van der Waals surface area contributed by atoms with E-state index in [0.29, 0.717) is 12.6 Å². The maximum atomic E-state index is 11.7. The zero-order chi connectivity index (χ0) is 14.2. The molecule has 2 heterocycles. The fraction of sp³-hybridized carbons (Fsp3) is 0.714. The second-order valence-electron chi connectivity index (χ2n) is 5.94. The number of carbonyl (C=O) groups is 2. The first-order chi connectivity index (χ1) is 8.81. The molecule has 5 heteroatoms. The van der Waals surface area contributed by atoms with Crippen LogP contribution in [0.5, 0.6) is 0 Å². The Labute approximate surface area is 114 Å². The normalized spacial score (nSPS) is 26.3. The van der Waals surface area contributed by atoms with Gasteiger partial charge in [-0.1, -0.05) is 11.6 Å². The van der Waals surface area contributed by atoms with E-state index in [4.69, 9.17) is 4.74 Å². The van der Waals surface area contributed by atoms with Crippen molar-refractivity contribution in [3.05, 3.63) is 11.6 Å². The minimum absolute atomic E-state index is 0.0316. The second kappa shape index (κ2) is 4.96. The molecule has 2 rings (SSSR count). The number of hydrogen-bond donors (Lipinski definition) is 0. The van der Waals surface area contributed by atoms with Gasteiger partial charge < -0.3 is 9.64 Å². The first-order valence-electron chi connectivity index (χ1n) is 6.70. The zero-order valence-corrected chi connectivity index (χ0v) is 12.1. The summed E-state index contributed by atoms with van der Waals surface area (Å²) in [7, 11) is 1.64. The van der Waals surface area contributed by atoms with Gasteiger partial charge in [0.1, 0.15) is 6.54 Å². The van der Waals surface area contributed by atoms with Gasteiger partial charge in [0, 0.05) is 13.6 Å². The molecule has 5 nitrogen and oxygen atoms in total. The predicted octanol–water partition coefficient (Wildman–Crippen LogP) is 1.78. The van der Waals surface area contributed by atoms with E-state index in [1.165, 1.54) is 15.4 Å². The van der Waals surface area contributed by atoms with Gasteiger partial charge in [-0.05, 0) is 33.6 Å². The summed E-state index contributed by atoms with van der Waals surface area (Å²) < 4.78 is 5.53. The highest BCUT2D eigenvalue weighted by atomic mass is 16.6. The molecular weight excluding hydrogens is 244 g/mol. The summed E-state index contributed by atoms with van der Waals surface area (Å²) in [4.78, 5) is 26.0. The average molecular weight is 266 g/mol. The Morgan fingerprint density at radius 3 is 2.58 bits per heavy atom. The molecule has 3 amide bonds. The van der Waals surface area contributed by atoms with Crippen molar-refractivity contribution >= 4 is 11.9 Å². The number of urea groups is 1. The number of nitrogens with zero attached hydrogens (tertiary/aromatic N) is 2. The largest absolute Gasteiger partial charge is 0.367 e. The fourth-order valence-electron chi connectivity index (χ4n) is 2.30. The maximum Gasteiger partial charge on any atom is 0.327 e. The number of rotatable bonds is 5. The lowest BCUT2D eigenvalue weighted by Gasteiger charge is -2.12. The summed E-state index contributed by atoms with van der Waals surface area (Å²) in [6.45, 7) is 6.78. The topological polar surface area (TPSA) is 53.2 Å². The van der Waals surface area contributed by atoms with Crippen LogP contribution in [0.4, 0.5) is 4.79 Å². The van der Waals surface area contributed by atoms with Crippen LogP contribution in [-0.2, 0) is 9.53 Å². The molecule has 1 atom stereocenters. The lowest BCUT2D eigenvalue weighted by atomic mass is 10.0. The summed E-state index contributed by atoms with van der Waals surface area (Å²) in [6, 6.07) is -0.208. The molecule has 19 heavy (non-hydrogen) atoms. The van der Waals surface area contributed by atoms with Gasteiger partial charge >= 0.3 is 6.03 Å². The Morgan fingerprint density at radius 2 is 2.11 bits per heavy atom. The molecule has 0 N–H and O–H groups in total. The Morgan fingerprint density at radius 1 is 1.47 bits per heavy atom. The molecule has 1 unspecified atom stereocenters. The molecular formula is C14H22N2O3. The standard InChI is InChI=1S/C14H22N2O3/c1-10(5-6-11-14(2,3)19-11)7-8-16-12(17)9-15(4)13(16)18/h7,11H,5-6,8-9H2,1-4H3/b10-7+. The number of hydrogen-bond acceptors (Lipinski definition) is 3. The number of ether oxygens (including phenoxy) is 1. The van der Waals surface area contributed by atoms with Crippen LogP contribution >= 0.6 is 0 Å². The van der Waals surface area contributed by atoms with Crippen molar-refractivity contribution in [2.75, 3.05) is 20.1 Å². The minimum Gasteiger partial charge on any atom is -0.367 e. The Bertz CT molecular complexity index is 428. The molecule has 2 aliphatic heterocycles. The van der Waals surface area contributed by atoms with Gasteiger partial charge in [0.2, 0.25) is 0 Å². The monoisotopic (exact) mass is 266 g/mol. The van der Waals surface area contributed by atoms with Crippen molar-refractivity contribution in [1.29, 1.82) is 0 Å². The first kappa shape index (κ1) is 14.1. The van der Waals surface area contributed by atoms with Gasteiger partial charge in [-0.15, -0.1) is 0 Å². The number of imide groups is 1. The highest BCUT2D eigenvalue weighted by Crippen LogP contribution is 2.38.